The Hall–Kier alpha value is -0.500. The third-order valence-electron chi connectivity index (χ3n) is 3.13. The predicted octanol–water partition coefficient (Wildman–Crippen LogP) is 2.77. The van der Waals surface area contributed by atoms with Gasteiger partial charge >= 0.3 is 0 Å². The summed E-state index contributed by atoms with van der Waals surface area (Å²) >= 11 is 0. The van der Waals surface area contributed by atoms with Gasteiger partial charge in [-0.2, -0.15) is 0 Å². The van der Waals surface area contributed by atoms with Gasteiger partial charge in [0.15, 0.2) is 0 Å². The Kier molecular flexibility index (Phi) is 6.49. The molecule has 1 N–H and O–H groups in total. The SMILES string of the molecule is C=C(CCCCCCC)N1CCNCC1. The number of allylic oxidation sites excluding steroid dienone is 1. The first kappa shape index (κ1) is 12.6. The van der Waals surface area contributed by atoms with E-state index in [1.165, 1.54) is 44.2 Å². The van der Waals surface area contributed by atoms with Crippen molar-refractivity contribution in [2.45, 2.75) is 45.4 Å². The van der Waals surface area contributed by atoms with Crippen LogP contribution in [0.5, 0.6) is 0 Å². The van der Waals surface area contributed by atoms with Crippen molar-refractivity contribution in [3.05, 3.63) is 12.3 Å². The number of hydrogen-bond donors (Lipinski definition) is 1. The molecule has 88 valence electrons. The molecular formula is C13H26N2. The first-order chi connectivity index (χ1) is 7.34. The van der Waals surface area contributed by atoms with E-state index < -0.39 is 0 Å². The van der Waals surface area contributed by atoms with Crippen LogP contribution in [0.2, 0.25) is 0 Å². The Labute approximate surface area is 94.7 Å². The van der Waals surface area contributed by atoms with Gasteiger partial charge in [-0.15, -0.1) is 0 Å². The summed E-state index contributed by atoms with van der Waals surface area (Å²) in [5.74, 6) is 0. The molecule has 0 aliphatic carbocycles. The van der Waals surface area contributed by atoms with Crippen molar-refractivity contribution in [3.63, 3.8) is 0 Å². The maximum Gasteiger partial charge on any atom is 0.0300 e. The number of hydrogen-bond acceptors (Lipinski definition) is 2. The summed E-state index contributed by atoms with van der Waals surface area (Å²) in [6.45, 7) is 11.0. The van der Waals surface area contributed by atoms with Crippen molar-refractivity contribution >= 4 is 0 Å². The highest BCUT2D eigenvalue weighted by Gasteiger charge is 2.10. The standard InChI is InChI=1S/C13H26N2/c1-3-4-5-6-7-8-13(2)15-11-9-14-10-12-15/h14H,2-12H2,1H3. The largest absolute Gasteiger partial charge is 0.373 e. The third kappa shape index (κ3) is 5.22. The Bertz CT molecular complexity index is 171. The second kappa shape index (κ2) is 7.75. The fourth-order valence-electron chi connectivity index (χ4n) is 2.07. The summed E-state index contributed by atoms with van der Waals surface area (Å²) in [4.78, 5) is 2.44. The predicted molar refractivity (Wildman–Crippen MR) is 67.0 cm³/mol. The van der Waals surface area contributed by atoms with Crippen LogP contribution in [0.4, 0.5) is 0 Å². The van der Waals surface area contributed by atoms with Crippen molar-refractivity contribution in [2.75, 3.05) is 26.2 Å². The summed E-state index contributed by atoms with van der Waals surface area (Å²) in [7, 11) is 0. The maximum absolute atomic E-state index is 4.19. The van der Waals surface area contributed by atoms with Gasteiger partial charge in [0.2, 0.25) is 0 Å². The molecule has 2 nitrogen and oxygen atoms in total. The fraction of sp³-hybridized carbons (Fsp3) is 0.846. The molecule has 1 saturated heterocycles. The summed E-state index contributed by atoms with van der Waals surface area (Å²) in [6.07, 6.45) is 8.01. The molecule has 1 heterocycles. The van der Waals surface area contributed by atoms with Crippen LogP contribution in [0.3, 0.4) is 0 Å². The minimum absolute atomic E-state index is 1.12. The molecule has 0 aromatic heterocycles. The van der Waals surface area contributed by atoms with Crippen LogP contribution in [0.15, 0.2) is 12.3 Å². The summed E-state index contributed by atoms with van der Waals surface area (Å²) in [5.41, 5.74) is 1.35. The molecule has 2 heteroatoms. The molecular weight excluding hydrogens is 184 g/mol. The van der Waals surface area contributed by atoms with Gasteiger partial charge in [0.25, 0.3) is 0 Å². The average Bonchev–Trinajstić information content (AvgIpc) is 2.30. The van der Waals surface area contributed by atoms with Gasteiger partial charge in [-0.1, -0.05) is 39.2 Å². The zero-order chi connectivity index (χ0) is 10.9. The number of nitrogens with zero attached hydrogens (tertiary/aromatic N) is 1. The molecule has 1 aliphatic heterocycles. The van der Waals surface area contributed by atoms with Crippen LogP contribution in [0.25, 0.3) is 0 Å². The van der Waals surface area contributed by atoms with Gasteiger partial charge in [0.05, 0.1) is 0 Å². The number of nitrogens with one attached hydrogen (secondary N) is 1. The second-order valence-electron chi connectivity index (χ2n) is 4.47. The van der Waals surface area contributed by atoms with E-state index in [4.69, 9.17) is 0 Å². The molecule has 15 heavy (non-hydrogen) atoms. The highest BCUT2D eigenvalue weighted by atomic mass is 15.2. The third-order valence-corrected chi connectivity index (χ3v) is 3.13. The molecule has 1 aliphatic rings. The zero-order valence-electron chi connectivity index (χ0n) is 10.2. The van der Waals surface area contributed by atoms with E-state index in [0.29, 0.717) is 0 Å². The van der Waals surface area contributed by atoms with Crippen LogP contribution in [-0.4, -0.2) is 31.1 Å². The van der Waals surface area contributed by atoms with E-state index in [9.17, 15) is 0 Å². The van der Waals surface area contributed by atoms with Crippen molar-refractivity contribution in [1.82, 2.24) is 10.2 Å². The average molecular weight is 210 g/mol. The Morgan fingerprint density at radius 2 is 1.80 bits per heavy atom. The molecule has 0 aromatic carbocycles. The topological polar surface area (TPSA) is 15.3 Å². The minimum atomic E-state index is 1.12. The summed E-state index contributed by atoms with van der Waals surface area (Å²) in [6, 6.07) is 0. The smallest absolute Gasteiger partial charge is 0.0300 e. The highest BCUT2D eigenvalue weighted by Crippen LogP contribution is 2.13. The van der Waals surface area contributed by atoms with Crippen LogP contribution < -0.4 is 5.32 Å². The molecule has 0 aromatic rings. The molecule has 1 fully saturated rings. The second-order valence-corrected chi connectivity index (χ2v) is 4.47. The summed E-state index contributed by atoms with van der Waals surface area (Å²) < 4.78 is 0. The van der Waals surface area contributed by atoms with Gasteiger partial charge in [0, 0.05) is 31.9 Å². The first-order valence-corrected chi connectivity index (χ1v) is 6.48. The van der Waals surface area contributed by atoms with E-state index >= 15 is 0 Å². The van der Waals surface area contributed by atoms with Crippen molar-refractivity contribution in [2.24, 2.45) is 0 Å². The quantitative estimate of drug-likeness (QED) is 0.650. The lowest BCUT2D eigenvalue weighted by Crippen LogP contribution is -2.42. The van der Waals surface area contributed by atoms with Crippen molar-refractivity contribution < 1.29 is 0 Å². The lowest BCUT2D eigenvalue weighted by molar-refractivity contribution is 0.289. The van der Waals surface area contributed by atoms with E-state index in [0.717, 1.165) is 26.2 Å². The number of piperazine rings is 1. The maximum atomic E-state index is 4.19. The van der Waals surface area contributed by atoms with Gasteiger partial charge in [-0.3, -0.25) is 0 Å². The molecule has 0 amide bonds. The van der Waals surface area contributed by atoms with Gasteiger partial charge in [-0.05, 0) is 12.8 Å². The van der Waals surface area contributed by atoms with Crippen LogP contribution in [0, 0.1) is 0 Å². The molecule has 0 radical (unpaired) electrons. The molecule has 0 unspecified atom stereocenters. The van der Waals surface area contributed by atoms with E-state index in [2.05, 4.69) is 23.7 Å². The monoisotopic (exact) mass is 210 g/mol. The molecule has 0 saturated carbocycles. The van der Waals surface area contributed by atoms with Crippen LogP contribution in [0.1, 0.15) is 45.4 Å². The molecule has 1 rings (SSSR count). The van der Waals surface area contributed by atoms with Gasteiger partial charge in [-0.25, -0.2) is 0 Å². The summed E-state index contributed by atoms with van der Waals surface area (Å²) in [5, 5.41) is 3.37. The Balaban J connectivity index is 2.02. The van der Waals surface area contributed by atoms with E-state index in [1.54, 1.807) is 0 Å². The first-order valence-electron chi connectivity index (χ1n) is 6.48. The van der Waals surface area contributed by atoms with Gasteiger partial charge < -0.3 is 10.2 Å². The van der Waals surface area contributed by atoms with Crippen molar-refractivity contribution in [1.29, 1.82) is 0 Å². The minimum Gasteiger partial charge on any atom is -0.373 e. The number of rotatable bonds is 7. The normalized spacial score (nSPS) is 16.7. The highest BCUT2D eigenvalue weighted by molar-refractivity contribution is 4.95. The molecule has 0 atom stereocenters. The van der Waals surface area contributed by atoms with E-state index in [1.807, 2.05) is 0 Å². The lowest BCUT2D eigenvalue weighted by Gasteiger charge is -2.31. The van der Waals surface area contributed by atoms with Crippen LogP contribution in [-0.2, 0) is 0 Å². The molecule has 0 spiro atoms. The van der Waals surface area contributed by atoms with E-state index in [-0.39, 0.29) is 0 Å². The van der Waals surface area contributed by atoms with Gasteiger partial charge in [0.1, 0.15) is 0 Å². The fourth-order valence-corrected chi connectivity index (χ4v) is 2.07. The Morgan fingerprint density at radius 3 is 2.47 bits per heavy atom. The molecule has 0 bridgehead atoms. The zero-order valence-corrected chi connectivity index (χ0v) is 10.2. The Morgan fingerprint density at radius 1 is 1.13 bits per heavy atom. The number of unbranched alkanes of at least 4 members (excludes halogenated alkanes) is 4. The van der Waals surface area contributed by atoms with Crippen molar-refractivity contribution in [3.8, 4) is 0 Å². The lowest BCUT2D eigenvalue weighted by atomic mass is 10.1. The van der Waals surface area contributed by atoms with Crippen LogP contribution >= 0.6 is 0 Å².